The fourth-order valence-electron chi connectivity index (χ4n) is 3.32. The van der Waals surface area contributed by atoms with E-state index in [0.717, 1.165) is 11.3 Å². The van der Waals surface area contributed by atoms with Crippen LogP contribution in [0.15, 0.2) is 48.5 Å². The molecule has 3 N–H and O–H groups in total. The maximum Gasteiger partial charge on any atom is 0.335 e. The first-order valence-corrected chi connectivity index (χ1v) is 9.67. The van der Waals surface area contributed by atoms with Gasteiger partial charge in [0.25, 0.3) is 0 Å². The van der Waals surface area contributed by atoms with E-state index in [0.29, 0.717) is 6.54 Å². The van der Waals surface area contributed by atoms with Crippen LogP contribution in [0, 0.1) is 12.7 Å². The molecule has 3 unspecified atom stereocenters. The van der Waals surface area contributed by atoms with Crippen LogP contribution in [0.3, 0.4) is 0 Å². The van der Waals surface area contributed by atoms with Crippen LogP contribution in [0.5, 0.6) is 0 Å². The summed E-state index contributed by atoms with van der Waals surface area (Å²) in [5.41, 5.74) is 6.42. The number of thioether (sulfide) groups is 1. The number of nitrogens with zero attached hydrogens (tertiary/aromatic N) is 1. The lowest BCUT2D eigenvalue weighted by Crippen LogP contribution is -2.65. The van der Waals surface area contributed by atoms with Crippen molar-refractivity contribution in [2.24, 2.45) is 0 Å². The molecule has 4 rings (SSSR count). The number of carbonyl (C=O) groups excluding carboxylic acids is 1. The average molecular weight is 372 g/mol. The molecule has 2 aliphatic heterocycles. The van der Waals surface area contributed by atoms with Crippen LogP contribution in [0.1, 0.15) is 22.6 Å². The first kappa shape index (κ1) is 17.3. The van der Waals surface area contributed by atoms with Crippen LogP contribution in [0.25, 0.3) is 0 Å². The molecule has 2 amide bonds. The van der Waals surface area contributed by atoms with Crippen LogP contribution in [-0.4, -0.2) is 29.2 Å². The number of fused-ring (bicyclic) bond motifs is 1. The molecule has 2 fully saturated rings. The summed E-state index contributed by atoms with van der Waals surface area (Å²) in [6.45, 7) is 2.70. The van der Waals surface area contributed by atoms with Gasteiger partial charge in [0.05, 0.1) is 0 Å². The number of halogens is 1. The number of hydrogen-bond acceptors (Lipinski definition) is 4. The minimum atomic E-state index is -0.252. The van der Waals surface area contributed by atoms with Crippen LogP contribution >= 0.6 is 11.8 Å². The number of hydrogen-bond donors (Lipinski definition) is 3. The Labute approximate surface area is 156 Å². The number of rotatable bonds is 4. The summed E-state index contributed by atoms with van der Waals surface area (Å²) in [7, 11) is 0. The minimum absolute atomic E-state index is 0.0733. The van der Waals surface area contributed by atoms with Gasteiger partial charge in [-0.3, -0.25) is 5.32 Å². The number of benzene rings is 2. The molecule has 7 heteroatoms. The van der Waals surface area contributed by atoms with E-state index in [1.54, 1.807) is 28.9 Å². The van der Waals surface area contributed by atoms with Crippen molar-refractivity contribution in [3.63, 3.8) is 0 Å². The van der Waals surface area contributed by atoms with Crippen molar-refractivity contribution >= 4 is 17.8 Å². The molecule has 0 aromatic heterocycles. The van der Waals surface area contributed by atoms with E-state index in [-0.39, 0.29) is 29.4 Å². The maximum atomic E-state index is 13.2. The first-order valence-electron chi connectivity index (χ1n) is 8.62. The van der Waals surface area contributed by atoms with E-state index in [9.17, 15) is 9.18 Å². The lowest BCUT2D eigenvalue weighted by molar-refractivity contribution is 0.128. The molecule has 0 bridgehead atoms. The summed E-state index contributed by atoms with van der Waals surface area (Å²) in [6, 6.07) is 14.8. The molecular formula is C19H21FN4OS. The summed E-state index contributed by atoms with van der Waals surface area (Å²) in [6.07, 6.45) is -0.162. The van der Waals surface area contributed by atoms with Crippen molar-refractivity contribution in [3.8, 4) is 0 Å². The number of nitrogens with one attached hydrogen (secondary N) is 3. The van der Waals surface area contributed by atoms with E-state index in [1.807, 2.05) is 0 Å². The third-order valence-corrected chi connectivity index (χ3v) is 5.86. The summed E-state index contributed by atoms with van der Waals surface area (Å²) >= 11 is 1.65. The lowest BCUT2D eigenvalue weighted by Gasteiger charge is -2.37. The van der Waals surface area contributed by atoms with E-state index < -0.39 is 0 Å². The van der Waals surface area contributed by atoms with Crippen molar-refractivity contribution < 1.29 is 9.18 Å². The second-order valence-electron chi connectivity index (χ2n) is 6.63. The van der Waals surface area contributed by atoms with Gasteiger partial charge in [-0.1, -0.05) is 42.0 Å². The molecule has 2 heterocycles. The van der Waals surface area contributed by atoms with Crippen LogP contribution in [0.2, 0.25) is 0 Å². The Bertz CT molecular complexity index is 783. The quantitative estimate of drug-likeness (QED) is 0.773. The van der Waals surface area contributed by atoms with Gasteiger partial charge in [0, 0.05) is 18.2 Å². The maximum absolute atomic E-state index is 13.2. The summed E-state index contributed by atoms with van der Waals surface area (Å²) in [5, 5.41) is 8.05. The topological polar surface area (TPSA) is 56.4 Å². The highest BCUT2D eigenvalue weighted by Gasteiger charge is 2.43. The minimum Gasteiger partial charge on any atom is -0.312 e. The molecule has 5 nitrogen and oxygen atoms in total. The molecule has 0 spiro atoms. The molecule has 0 radical (unpaired) electrons. The fraction of sp³-hybridized carbons (Fsp3) is 0.316. The van der Waals surface area contributed by atoms with E-state index >= 15 is 0 Å². The molecule has 0 saturated carbocycles. The second-order valence-corrected chi connectivity index (χ2v) is 7.72. The third-order valence-electron chi connectivity index (χ3n) is 4.77. The summed E-state index contributed by atoms with van der Waals surface area (Å²) in [5.74, 6) is 0.626. The highest BCUT2D eigenvalue weighted by molar-refractivity contribution is 7.99. The lowest BCUT2D eigenvalue weighted by atomic mass is 9.97. The van der Waals surface area contributed by atoms with Crippen molar-refractivity contribution in [2.45, 2.75) is 30.3 Å². The number of hydrazine groups is 1. The Morgan fingerprint density at radius 2 is 1.88 bits per heavy atom. The van der Waals surface area contributed by atoms with Crippen molar-refractivity contribution in [1.29, 1.82) is 0 Å². The zero-order valence-electron chi connectivity index (χ0n) is 14.4. The van der Waals surface area contributed by atoms with Gasteiger partial charge in [0.2, 0.25) is 0 Å². The molecule has 2 aromatic carbocycles. The fourth-order valence-corrected chi connectivity index (χ4v) is 4.29. The predicted octanol–water partition coefficient (Wildman–Crippen LogP) is 2.89. The van der Waals surface area contributed by atoms with Gasteiger partial charge in [-0.15, -0.1) is 11.8 Å². The predicted molar refractivity (Wildman–Crippen MR) is 101 cm³/mol. The van der Waals surface area contributed by atoms with Gasteiger partial charge < -0.3 is 5.32 Å². The molecule has 136 valence electrons. The molecule has 2 aromatic rings. The SMILES string of the molecule is Cc1ccc(CSC2NC(=O)N3NCC(c4ccc(F)cc4)C3N2)cc1. The molecule has 26 heavy (non-hydrogen) atoms. The Morgan fingerprint density at radius 1 is 1.15 bits per heavy atom. The van der Waals surface area contributed by atoms with Gasteiger partial charge in [0.15, 0.2) is 0 Å². The van der Waals surface area contributed by atoms with Gasteiger partial charge in [-0.25, -0.2) is 19.6 Å². The zero-order valence-corrected chi connectivity index (χ0v) is 15.2. The van der Waals surface area contributed by atoms with Gasteiger partial charge in [-0.05, 0) is 30.2 Å². The van der Waals surface area contributed by atoms with Crippen molar-refractivity contribution in [3.05, 3.63) is 71.0 Å². The number of urea groups is 1. The van der Waals surface area contributed by atoms with E-state index in [4.69, 9.17) is 0 Å². The third kappa shape index (κ3) is 3.56. The summed E-state index contributed by atoms with van der Waals surface area (Å²) < 4.78 is 13.2. The number of amides is 2. The molecule has 0 aliphatic carbocycles. The number of carbonyl (C=O) groups is 1. The largest absolute Gasteiger partial charge is 0.335 e. The van der Waals surface area contributed by atoms with Crippen molar-refractivity contribution in [1.82, 2.24) is 21.1 Å². The normalized spacial score (nSPS) is 25.1. The molecule has 2 saturated heterocycles. The zero-order chi connectivity index (χ0) is 18.1. The van der Waals surface area contributed by atoms with Crippen LogP contribution in [0.4, 0.5) is 9.18 Å². The Hall–Kier alpha value is -2.09. The first-order chi connectivity index (χ1) is 12.6. The molecular weight excluding hydrogens is 351 g/mol. The van der Waals surface area contributed by atoms with Crippen molar-refractivity contribution in [2.75, 3.05) is 6.54 Å². The summed E-state index contributed by atoms with van der Waals surface area (Å²) in [4.78, 5) is 12.4. The Kier molecular flexibility index (Phi) is 4.84. The van der Waals surface area contributed by atoms with Gasteiger partial charge in [-0.2, -0.15) is 0 Å². The van der Waals surface area contributed by atoms with Crippen LogP contribution in [-0.2, 0) is 5.75 Å². The van der Waals surface area contributed by atoms with Crippen LogP contribution < -0.4 is 16.1 Å². The monoisotopic (exact) mass is 372 g/mol. The van der Waals surface area contributed by atoms with Gasteiger partial charge >= 0.3 is 6.03 Å². The number of aryl methyl sites for hydroxylation is 1. The highest BCUT2D eigenvalue weighted by Crippen LogP contribution is 2.29. The van der Waals surface area contributed by atoms with Gasteiger partial charge in [0.1, 0.15) is 17.5 Å². The standard InChI is InChI=1S/C19H21FN4OS/c1-12-2-4-13(5-3-12)11-26-18-22-17-16(10-21-24(17)19(25)23-18)14-6-8-15(20)9-7-14/h2-9,16-18,21-22H,10-11H2,1H3,(H,23,25). The Morgan fingerprint density at radius 3 is 2.62 bits per heavy atom. The smallest absolute Gasteiger partial charge is 0.312 e. The van der Waals surface area contributed by atoms with E-state index in [1.165, 1.54) is 23.3 Å². The Balaban J connectivity index is 1.44. The highest BCUT2D eigenvalue weighted by atomic mass is 32.2. The second kappa shape index (κ2) is 7.26. The van der Waals surface area contributed by atoms with E-state index in [2.05, 4.69) is 47.2 Å². The average Bonchev–Trinajstić information content (AvgIpc) is 3.06. The molecule has 2 aliphatic rings. The molecule has 3 atom stereocenters.